The second-order valence-electron chi connectivity index (χ2n) is 6.24. The van der Waals surface area contributed by atoms with Gasteiger partial charge in [0, 0.05) is 5.92 Å². The van der Waals surface area contributed by atoms with Crippen molar-refractivity contribution >= 4 is 5.78 Å². The van der Waals surface area contributed by atoms with Crippen LogP contribution in [0.2, 0.25) is 0 Å². The SMILES string of the molecule is CC(C(=O)C1C=CC=CC1(C)O)C1(O)CCCCC1. The van der Waals surface area contributed by atoms with E-state index in [2.05, 4.69) is 0 Å². The summed E-state index contributed by atoms with van der Waals surface area (Å²) in [7, 11) is 0. The van der Waals surface area contributed by atoms with Crippen molar-refractivity contribution in [3.63, 3.8) is 0 Å². The number of rotatable bonds is 3. The van der Waals surface area contributed by atoms with Gasteiger partial charge in [-0.3, -0.25) is 4.79 Å². The van der Waals surface area contributed by atoms with E-state index in [4.69, 9.17) is 0 Å². The molecule has 106 valence electrons. The standard InChI is InChI=1S/C16H24O3/c1-12(16(19)10-5-3-6-11-16)14(17)13-8-4-7-9-15(13,2)18/h4,7-9,12-13,18-19H,3,5-6,10-11H2,1-2H3. The van der Waals surface area contributed by atoms with Crippen LogP contribution in [0.5, 0.6) is 0 Å². The smallest absolute Gasteiger partial charge is 0.148 e. The Balaban J connectivity index is 2.15. The highest BCUT2D eigenvalue weighted by Gasteiger charge is 2.44. The molecule has 2 aliphatic rings. The summed E-state index contributed by atoms with van der Waals surface area (Å²) >= 11 is 0. The van der Waals surface area contributed by atoms with Gasteiger partial charge in [0.2, 0.25) is 0 Å². The third kappa shape index (κ3) is 2.82. The fraction of sp³-hybridized carbons (Fsp3) is 0.688. The maximum absolute atomic E-state index is 12.6. The zero-order valence-corrected chi connectivity index (χ0v) is 11.8. The van der Waals surface area contributed by atoms with Crippen molar-refractivity contribution in [3.05, 3.63) is 24.3 Å². The van der Waals surface area contributed by atoms with E-state index in [0.29, 0.717) is 12.8 Å². The molecule has 0 radical (unpaired) electrons. The molecule has 0 heterocycles. The minimum Gasteiger partial charge on any atom is -0.389 e. The number of hydrogen-bond acceptors (Lipinski definition) is 3. The highest BCUT2D eigenvalue weighted by Crippen LogP contribution is 2.38. The van der Waals surface area contributed by atoms with Gasteiger partial charge >= 0.3 is 0 Å². The van der Waals surface area contributed by atoms with Crippen LogP contribution >= 0.6 is 0 Å². The zero-order chi connectivity index (χ0) is 14.1. The van der Waals surface area contributed by atoms with E-state index in [1.54, 1.807) is 38.2 Å². The summed E-state index contributed by atoms with van der Waals surface area (Å²) in [5, 5.41) is 21.0. The van der Waals surface area contributed by atoms with Crippen LogP contribution in [0.3, 0.4) is 0 Å². The normalized spacial score (nSPS) is 35.1. The number of Topliss-reactive ketones (excluding diaryl/α,β-unsaturated/α-hetero) is 1. The van der Waals surface area contributed by atoms with Crippen LogP contribution in [0.1, 0.15) is 46.0 Å². The maximum Gasteiger partial charge on any atom is 0.148 e. The minimum absolute atomic E-state index is 0.0602. The Kier molecular flexibility index (Phi) is 3.98. The summed E-state index contributed by atoms with van der Waals surface area (Å²) in [5.41, 5.74) is -2.04. The predicted molar refractivity (Wildman–Crippen MR) is 74.6 cm³/mol. The van der Waals surface area contributed by atoms with Crippen molar-refractivity contribution < 1.29 is 15.0 Å². The first-order valence-corrected chi connectivity index (χ1v) is 7.21. The number of carbonyl (C=O) groups is 1. The molecule has 3 heteroatoms. The molecule has 1 fully saturated rings. The van der Waals surface area contributed by atoms with Crippen LogP contribution in [0, 0.1) is 11.8 Å². The molecule has 0 aromatic rings. The Morgan fingerprint density at radius 1 is 1.21 bits per heavy atom. The molecule has 2 rings (SSSR count). The lowest BCUT2D eigenvalue weighted by molar-refractivity contribution is -0.141. The first kappa shape index (κ1) is 14.5. The number of hydrogen-bond donors (Lipinski definition) is 2. The van der Waals surface area contributed by atoms with Crippen LogP contribution in [-0.2, 0) is 4.79 Å². The highest BCUT2D eigenvalue weighted by atomic mass is 16.3. The van der Waals surface area contributed by atoms with Gasteiger partial charge in [0.15, 0.2) is 0 Å². The van der Waals surface area contributed by atoms with E-state index < -0.39 is 23.0 Å². The third-order valence-corrected chi connectivity index (χ3v) is 4.74. The lowest BCUT2D eigenvalue weighted by atomic mass is 9.69. The summed E-state index contributed by atoms with van der Waals surface area (Å²) in [4.78, 5) is 12.6. The molecule has 0 aliphatic heterocycles. The van der Waals surface area contributed by atoms with Crippen LogP contribution in [-0.4, -0.2) is 27.2 Å². The molecule has 3 unspecified atom stereocenters. The topological polar surface area (TPSA) is 57.5 Å². The fourth-order valence-electron chi connectivity index (χ4n) is 3.24. The number of aliphatic hydroxyl groups is 2. The van der Waals surface area contributed by atoms with Gasteiger partial charge in [-0.2, -0.15) is 0 Å². The van der Waals surface area contributed by atoms with E-state index >= 15 is 0 Å². The molecule has 0 spiro atoms. The van der Waals surface area contributed by atoms with Gasteiger partial charge in [0.1, 0.15) is 5.78 Å². The van der Waals surface area contributed by atoms with Gasteiger partial charge in [-0.1, -0.05) is 50.5 Å². The third-order valence-electron chi connectivity index (χ3n) is 4.74. The maximum atomic E-state index is 12.6. The predicted octanol–water partition coefficient (Wildman–Crippen LogP) is 2.38. The molecule has 0 saturated heterocycles. The van der Waals surface area contributed by atoms with Crippen molar-refractivity contribution in [2.45, 2.75) is 57.2 Å². The summed E-state index contributed by atoms with van der Waals surface area (Å²) < 4.78 is 0. The first-order valence-electron chi connectivity index (χ1n) is 7.21. The molecule has 2 N–H and O–H groups in total. The average Bonchev–Trinajstić information content (AvgIpc) is 2.37. The molecule has 0 aromatic carbocycles. The van der Waals surface area contributed by atoms with E-state index in [-0.39, 0.29) is 5.78 Å². The lowest BCUT2D eigenvalue weighted by Gasteiger charge is -2.39. The molecule has 3 nitrogen and oxygen atoms in total. The van der Waals surface area contributed by atoms with Gasteiger partial charge in [0.25, 0.3) is 0 Å². The molecule has 0 amide bonds. The molecular formula is C16H24O3. The second-order valence-corrected chi connectivity index (χ2v) is 6.24. The molecule has 1 saturated carbocycles. The van der Waals surface area contributed by atoms with E-state index in [1.165, 1.54) is 0 Å². The Morgan fingerprint density at radius 2 is 1.84 bits per heavy atom. The van der Waals surface area contributed by atoms with Crippen molar-refractivity contribution in [1.29, 1.82) is 0 Å². The summed E-state index contributed by atoms with van der Waals surface area (Å²) in [6.07, 6.45) is 11.4. The number of ketones is 1. The molecule has 19 heavy (non-hydrogen) atoms. The molecular weight excluding hydrogens is 240 g/mol. The number of carbonyl (C=O) groups excluding carboxylic acids is 1. The Labute approximate surface area is 115 Å². The van der Waals surface area contributed by atoms with Crippen LogP contribution in [0.4, 0.5) is 0 Å². The lowest BCUT2D eigenvalue weighted by Crippen LogP contribution is -2.48. The van der Waals surface area contributed by atoms with E-state index in [9.17, 15) is 15.0 Å². The van der Waals surface area contributed by atoms with Gasteiger partial charge in [0.05, 0.1) is 17.1 Å². The monoisotopic (exact) mass is 264 g/mol. The van der Waals surface area contributed by atoms with Gasteiger partial charge in [-0.15, -0.1) is 0 Å². The van der Waals surface area contributed by atoms with Crippen LogP contribution in [0.25, 0.3) is 0 Å². The van der Waals surface area contributed by atoms with E-state index in [0.717, 1.165) is 19.3 Å². The van der Waals surface area contributed by atoms with Gasteiger partial charge < -0.3 is 10.2 Å². The average molecular weight is 264 g/mol. The largest absolute Gasteiger partial charge is 0.389 e. The van der Waals surface area contributed by atoms with Crippen LogP contribution < -0.4 is 0 Å². The van der Waals surface area contributed by atoms with Gasteiger partial charge in [-0.25, -0.2) is 0 Å². The minimum atomic E-state index is -1.15. The Hall–Kier alpha value is -0.930. The molecule has 0 bridgehead atoms. The second kappa shape index (κ2) is 5.22. The van der Waals surface area contributed by atoms with Gasteiger partial charge in [-0.05, 0) is 19.8 Å². The molecule has 2 aliphatic carbocycles. The summed E-state index contributed by atoms with van der Waals surface area (Å²) in [5.74, 6) is -1.05. The van der Waals surface area contributed by atoms with Crippen molar-refractivity contribution in [2.24, 2.45) is 11.8 Å². The molecule has 3 atom stereocenters. The van der Waals surface area contributed by atoms with Crippen molar-refractivity contribution in [1.82, 2.24) is 0 Å². The number of allylic oxidation sites excluding steroid dienone is 2. The fourth-order valence-corrected chi connectivity index (χ4v) is 3.24. The summed E-state index contributed by atoms with van der Waals surface area (Å²) in [6, 6.07) is 0. The van der Waals surface area contributed by atoms with E-state index in [1.807, 2.05) is 0 Å². The Bertz CT molecular complexity index is 400. The molecule has 0 aromatic heterocycles. The Morgan fingerprint density at radius 3 is 2.42 bits per heavy atom. The quantitative estimate of drug-likeness (QED) is 0.823. The summed E-state index contributed by atoms with van der Waals surface area (Å²) in [6.45, 7) is 3.45. The van der Waals surface area contributed by atoms with Crippen molar-refractivity contribution in [3.8, 4) is 0 Å². The van der Waals surface area contributed by atoms with Crippen molar-refractivity contribution in [2.75, 3.05) is 0 Å². The zero-order valence-electron chi connectivity index (χ0n) is 11.8. The van der Waals surface area contributed by atoms with Crippen LogP contribution in [0.15, 0.2) is 24.3 Å². The first-order chi connectivity index (χ1) is 8.87. The highest BCUT2D eigenvalue weighted by molar-refractivity contribution is 5.87.